The molecule has 0 saturated heterocycles. The monoisotopic (exact) mass is 288 g/mol. The maximum absolute atomic E-state index is 11.4. The fourth-order valence-electron chi connectivity index (χ4n) is 1.77. The molecule has 0 radical (unpaired) electrons. The van der Waals surface area contributed by atoms with Gasteiger partial charge in [0.2, 0.25) is 5.95 Å². The van der Waals surface area contributed by atoms with Crippen molar-refractivity contribution in [3.63, 3.8) is 0 Å². The van der Waals surface area contributed by atoms with Crippen molar-refractivity contribution in [2.75, 3.05) is 19.0 Å². The van der Waals surface area contributed by atoms with Gasteiger partial charge in [0, 0.05) is 6.54 Å². The van der Waals surface area contributed by atoms with Gasteiger partial charge in [-0.2, -0.15) is 14.6 Å². The number of carbonyl (C=O) groups is 1. The van der Waals surface area contributed by atoms with Gasteiger partial charge >= 0.3 is 5.97 Å². The number of aromatic amines is 1. The zero-order valence-corrected chi connectivity index (χ0v) is 11.4. The summed E-state index contributed by atoms with van der Waals surface area (Å²) in [6.45, 7) is 2.60. The molecule has 3 aromatic heterocycles. The van der Waals surface area contributed by atoms with Crippen LogP contribution in [0.5, 0.6) is 0 Å². The van der Waals surface area contributed by atoms with E-state index in [1.807, 2.05) is 6.92 Å². The molecule has 0 aliphatic heterocycles. The van der Waals surface area contributed by atoms with Crippen molar-refractivity contribution in [1.82, 2.24) is 34.7 Å². The Kier molecular flexibility index (Phi) is 3.18. The van der Waals surface area contributed by atoms with Crippen LogP contribution in [0.15, 0.2) is 12.7 Å². The summed E-state index contributed by atoms with van der Waals surface area (Å²) in [5, 5.41) is 7.06. The highest BCUT2D eigenvalue weighted by atomic mass is 16.5. The smallest absolute Gasteiger partial charge is 0.377 e. The van der Waals surface area contributed by atoms with E-state index in [-0.39, 0.29) is 5.82 Å². The number of nitrogens with one attached hydrogen (secondary N) is 2. The predicted molar refractivity (Wildman–Crippen MR) is 72.1 cm³/mol. The van der Waals surface area contributed by atoms with Crippen LogP contribution in [0.3, 0.4) is 0 Å². The first-order valence-corrected chi connectivity index (χ1v) is 6.18. The Labute approximate surface area is 118 Å². The maximum Gasteiger partial charge on any atom is 0.377 e. The summed E-state index contributed by atoms with van der Waals surface area (Å²) >= 11 is 0. The molecule has 10 heteroatoms. The van der Waals surface area contributed by atoms with E-state index in [9.17, 15) is 4.79 Å². The Balaban J connectivity index is 2.12. The zero-order valence-electron chi connectivity index (χ0n) is 11.4. The van der Waals surface area contributed by atoms with E-state index in [0.717, 1.165) is 0 Å². The van der Waals surface area contributed by atoms with Gasteiger partial charge in [-0.25, -0.2) is 14.8 Å². The highest BCUT2D eigenvalue weighted by molar-refractivity contribution is 5.85. The van der Waals surface area contributed by atoms with E-state index >= 15 is 0 Å². The average Bonchev–Trinajstić information content (AvgIpc) is 3.14. The Morgan fingerprint density at radius 1 is 1.43 bits per heavy atom. The number of fused-ring (bicyclic) bond motifs is 1. The number of hydrogen-bond acceptors (Lipinski definition) is 8. The molecule has 0 amide bonds. The molecule has 0 aliphatic carbocycles. The third kappa shape index (κ3) is 2.26. The number of anilines is 1. The van der Waals surface area contributed by atoms with E-state index in [2.05, 4.69) is 40.1 Å². The second-order valence-electron chi connectivity index (χ2n) is 4.01. The molecule has 0 atom stereocenters. The van der Waals surface area contributed by atoms with E-state index < -0.39 is 5.97 Å². The first kappa shape index (κ1) is 13.0. The molecular formula is C11H12N8O2. The van der Waals surface area contributed by atoms with Crippen LogP contribution in [0.25, 0.3) is 17.0 Å². The van der Waals surface area contributed by atoms with Gasteiger partial charge < -0.3 is 15.0 Å². The molecule has 0 spiro atoms. The number of hydrogen-bond donors (Lipinski definition) is 2. The molecule has 3 rings (SSSR count). The van der Waals surface area contributed by atoms with E-state index in [1.54, 1.807) is 0 Å². The van der Waals surface area contributed by atoms with Crippen molar-refractivity contribution in [1.29, 1.82) is 0 Å². The van der Waals surface area contributed by atoms with Crippen LogP contribution < -0.4 is 5.32 Å². The van der Waals surface area contributed by atoms with Gasteiger partial charge in [0.15, 0.2) is 11.5 Å². The Morgan fingerprint density at radius 2 is 2.29 bits per heavy atom. The topological polar surface area (TPSA) is 124 Å². The van der Waals surface area contributed by atoms with E-state index in [4.69, 9.17) is 0 Å². The molecule has 0 fully saturated rings. The van der Waals surface area contributed by atoms with Gasteiger partial charge in [-0.3, -0.25) is 0 Å². The molecule has 0 aliphatic rings. The molecule has 3 heterocycles. The SMILES string of the molecule is CCNc1nc(-n2cnc(C(=O)OC)n2)c2[nH]cnc2n1. The zero-order chi connectivity index (χ0) is 14.8. The average molecular weight is 288 g/mol. The third-order valence-electron chi connectivity index (χ3n) is 2.68. The fraction of sp³-hybridized carbons (Fsp3) is 0.273. The second-order valence-corrected chi connectivity index (χ2v) is 4.01. The van der Waals surface area contributed by atoms with Crippen molar-refractivity contribution in [2.24, 2.45) is 0 Å². The number of esters is 1. The van der Waals surface area contributed by atoms with Gasteiger partial charge in [-0.1, -0.05) is 0 Å². The predicted octanol–water partition coefficient (Wildman–Crippen LogP) is 0.152. The van der Waals surface area contributed by atoms with Crippen LogP contribution >= 0.6 is 0 Å². The minimum absolute atomic E-state index is 0.0474. The Hall–Kier alpha value is -3.04. The van der Waals surface area contributed by atoms with Crippen molar-refractivity contribution in [3.05, 3.63) is 18.5 Å². The molecule has 0 unspecified atom stereocenters. The Bertz CT molecular complexity index is 792. The van der Waals surface area contributed by atoms with Gasteiger partial charge in [-0.05, 0) is 6.92 Å². The molecular weight excluding hydrogens is 276 g/mol. The van der Waals surface area contributed by atoms with Crippen molar-refractivity contribution >= 4 is 23.1 Å². The second kappa shape index (κ2) is 5.15. The van der Waals surface area contributed by atoms with Crippen molar-refractivity contribution in [3.8, 4) is 5.82 Å². The number of aromatic nitrogens is 7. The third-order valence-corrected chi connectivity index (χ3v) is 2.68. The number of H-pyrrole nitrogens is 1. The first-order chi connectivity index (χ1) is 10.2. The minimum atomic E-state index is -0.615. The highest BCUT2D eigenvalue weighted by Crippen LogP contribution is 2.17. The number of methoxy groups -OCH3 is 1. The maximum atomic E-state index is 11.4. The quantitative estimate of drug-likeness (QED) is 0.650. The van der Waals surface area contributed by atoms with Crippen molar-refractivity contribution in [2.45, 2.75) is 6.92 Å². The molecule has 3 aromatic rings. The van der Waals surface area contributed by atoms with Gasteiger partial charge in [-0.15, -0.1) is 5.10 Å². The van der Waals surface area contributed by atoms with Gasteiger partial charge in [0.25, 0.3) is 5.82 Å². The van der Waals surface area contributed by atoms with Gasteiger partial charge in [0.1, 0.15) is 11.8 Å². The summed E-state index contributed by atoms with van der Waals surface area (Å²) in [5.74, 6) is 0.197. The Morgan fingerprint density at radius 3 is 3.05 bits per heavy atom. The summed E-state index contributed by atoms with van der Waals surface area (Å²) in [4.78, 5) is 31.0. The highest BCUT2D eigenvalue weighted by Gasteiger charge is 2.16. The lowest BCUT2D eigenvalue weighted by Gasteiger charge is -2.05. The van der Waals surface area contributed by atoms with Crippen LogP contribution in [-0.4, -0.2) is 54.3 Å². The normalized spacial score (nSPS) is 10.8. The molecule has 0 aromatic carbocycles. The summed E-state index contributed by atoms with van der Waals surface area (Å²) in [6.07, 6.45) is 2.89. The number of nitrogens with zero attached hydrogens (tertiary/aromatic N) is 6. The molecule has 0 bridgehead atoms. The summed E-state index contributed by atoms with van der Waals surface area (Å²) < 4.78 is 5.95. The molecule has 108 valence electrons. The number of ether oxygens (including phenoxy) is 1. The first-order valence-electron chi connectivity index (χ1n) is 6.18. The standard InChI is InChI=1S/C11H12N8O2/c1-3-12-11-16-7-6(13-4-14-7)9(17-11)19-5-15-8(18-19)10(20)21-2/h4-5H,3H2,1-2H3,(H2,12,13,14,16,17). The lowest BCUT2D eigenvalue weighted by Crippen LogP contribution is -2.09. The summed E-state index contributed by atoms with van der Waals surface area (Å²) in [6, 6.07) is 0. The molecule has 2 N–H and O–H groups in total. The van der Waals surface area contributed by atoms with Gasteiger partial charge in [0.05, 0.1) is 13.4 Å². The summed E-state index contributed by atoms with van der Waals surface area (Å²) in [5.41, 5.74) is 1.09. The number of imidazole rings is 1. The summed E-state index contributed by atoms with van der Waals surface area (Å²) in [7, 11) is 1.27. The van der Waals surface area contributed by atoms with Crippen LogP contribution in [-0.2, 0) is 4.74 Å². The molecule has 21 heavy (non-hydrogen) atoms. The fourth-order valence-corrected chi connectivity index (χ4v) is 1.77. The van der Waals surface area contributed by atoms with E-state index in [0.29, 0.717) is 29.5 Å². The largest absolute Gasteiger partial charge is 0.463 e. The number of rotatable bonds is 4. The molecule has 0 saturated carbocycles. The lowest BCUT2D eigenvalue weighted by atomic mass is 10.5. The molecule has 10 nitrogen and oxygen atoms in total. The minimum Gasteiger partial charge on any atom is -0.463 e. The van der Waals surface area contributed by atoms with Crippen LogP contribution in [0.4, 0.5) is 5.95 Å². The van der Waals surface area contributed by atoms with E-state index in [1.165, 1.54) is 24.4 Å². The van der Waals surface area contributed by atoms with Crippen LogP contribution in [0, 0.1) is 0 Å². The lowest BCUT2D eigenvalue weighted by molar-refractivity contribution is 0.0587. The number of carbonyl (C=O) groups excluding carboxylic acids is 1. The van der Waals surface area contributed by atoms with Crippen molar-refractivity contribution < 1.29 is 9.53 Å². The van der Waals surface area contributed by atoms with Crippen LogP contribution in [0.2, 0.25) is 0 Å². The van der Waals surface area contributed by atoms with Crippen LogP contribution in [0.1, 0.15) is 17.5 Å².